The number of nitrogens with zero attached hydrogens (tertiary/aromatic N) is 3. The molecule has 1 saturated heterocycles. The zero-order valence-corrected chi connectivity index (χ0v) is 14.9. The van der Waals surface area contributed by atoms with Crippen molar-refractivity contribution < 1.29 is 9.18 Å². The van der Waals surface area contributed by atoms with Gasteiger partial charge >= 0.3 is 0 Å². The number of halogens is 2. The van der Waals surface area contributed by atoms with Gasteiger partial charge in [0.2, 0.25) is 5.91 Å². The molecule has 132 valence electrons. The summed E-state index contributed by atoms with van der Waals surface area (Å²) in [5.74, 6) is -0.168. The summed E-state index contributed by atoms with van der Waals surface area (Å²) in [6.45, 7) is 2.48. The fraction of sp³-hybridized carbons (Fsp3) is 0.368. The minimum Gasteiger partial charge on any atom is -0.314 e. The van der Waals surface area contributed by atoms with E-state index in [1.54, 1.807) is 30.3 Å². The number of hydrogen-bond donors (Lipinski definition) is 0. The lowest BCUT2D eigenvalue weighted by molar-refractivity contribution is -0.124. The van der Waals surface area contributed by atoms with Crippen molar-refractivity contribution in [2.75, 3.05) is 25.0 Å². The normalized spacial score (nSPS) is 19.0. The van der Waals surface area contributed by atoms with E-state index in [2.05, 4.69) is 16.0 Å². The summed E-state index contributed by atoms with van der Waals surface area (Å²) < 4.78 is 13.8. The topological polar surface area (TPSA) is 36.4 Å². The summed E-state index contributed by atoms with van der Waals surface area (Å²) in [5.41, 5.74) is 2.32. The summed E-state index contributed by atoms with van der Waals surface area (Å²) in [6, 6.07) is 8.71. The largest absolute Gasteiger partial charge is 0.314 e. The first kappa shape index (κ1) is 17.8. The lowest BCUT2D eigenvalue weighted by Gasteiger charge is -2.38. The van der Waals surface area contributed by atoms with E-state index >= 15 is 0 Å². The Morgan fingerprint density at radius 2 is 2.00 bits per heavy atom. The molecule has 0 unspecified atom stereocenters. The number of amides is 1. The molecule has 1 aromatic heterocycles. The van der Waals surface area contributed by atoms with Gasteiger partial charge < -0.3 is 4.90 Å². The number of likely N-dealkylation sites (N-methyl/N-ethyl adjacent to an activating group) is 1. The van der Waals surface area contributed by atoms with Gasteiger partial charge in [-0.3, -0.25) is 14.7 Å². The Morgan fingerprint density at radius 3 is 2.68 bits per heavy atom. The SMILES string of the molecule is CN1C(=O)C2(CCN(Cc3cccnc3)CC2)c2cc(F)ccc21.Cl. The Kier molecular flexibility index (Phi) is 4.80. The maximum absolute atomic E-state index is 13.8. The Balaban J connectivity index is 0.00000182. The standard InChI is InChI=1S/C19H20FN3O.ClH/c1-22-17-5-4-15(20)11-16(17)19(18(22)24)6-9-23(10-7-19)13-14-3-2-8-21-12-14;/h2-5,8,11-12H,6-7,9-10,13H2,1H3;1H. The maximum Gasteiger partial charge on any atom is 0.237 e. The lowest BCUT2D eigenvalue weighted by Crippen LogP contribution is -2.47. The summed E-state index contributed by atoms with van der Waals surface area (Å²) >= 11 is 0. The third-order valence-electron chi connectivity index (χ3n) is 5.39. The summed E-state index contributed by atoms with van der Waals surface area (Å²) in [4.78, 5) is 21.1. The number of piperidine rings is 1. The highest BCUT2D eigenvalue weighted by atomic mass is 35.5. The monoisotopic (exact) mass is 361 g/mol. The molecule has 0 atom stereocenters. The second-order valence-electron chi connectivity index (χ2n) is 6.75. The van der Waals surface area contributed by atoms with E-state index < -0.39 is 5.41 Å². The van der Waals surface area contributed by atoms with Crippen LogP contribution in [0.15, 0.2) is 42.7 Å². The van der Waals surface area contributed by atoms with Gasteiger partial charge in [-0.2, -0.15) is 0 Å². The molecule has 1 aromatic carbocycles. The van der Waals surface area contributed by atoms with Crippen molar-refractivity contribution in [2.45, 2.75) is 24.8 Å². The summed E-state index contributed by atoms with van der Waals surface area (Å²) in [6.07, 6.45) is 5.11. The summed E-state index contributed by atoms with van der Waals surface area (Å²) in [5, 5.41) is 0. The van der Waals surface area contributed by atoms with Crippen LogP contribution in [-0.2, 0) is 16.8 Å². The molecule has 6 heteroatoms. The van der Waals surface area contributed by atoms with Gasteiger partial charge in [0, 0.05) is 31.7 Å². The number of hydrogen-bond acceptors (Lipinski definition) is 3. The predicted octanol–water partition coefficient (Wildman–Crippen LogP) is 3.15. The van der Waals surface area contributed by atoms with E-state index in [4.69, 9.17) is 0 Å². The molecule has 0 aliphatic carbocycles. The van der Waals surface area contributed by atoms with Crippen LogP contribution in [-0.4, -0.2) is 35.9 Å². The van der Waals surface area contributed by atoms with Crippen LogP contribution in [0.3, 0.4) is 0 Å². The third kappa shape index (κ3) is 2.92. The maximum atomic E-state index is 13.8. The molecule has 3 heterocycles. The van der Waals surface area contributed by atoms with Crippen molar-refractivity contribution in [3.8, 4) is 0 Å². The molecular formula is C19H21ClFN3O. The Bertz CT molecular complexity index is 775. The smallest absolute Gasteiger partial charge is 0.237 e. The molecule has 1 spiro atoms. The first-order valence-electron chi connectivity index (χ1n) is 8.30. The molecule has 1 amide bonds. The molecule has 0 N–H and O–H groups in total. The fourth-order valence-electron chi connectivity index (χ4n) is 4.06. The number of carbonyl (C=O) groups excluding carboxylic acids is 1. The minimum atomic E-state index is -0.558. The Hall–Kier alpha value is -1.98. The molecular weight excluding hydrogens is 341 g/mol. The number of fused-ring (bicyclic) bond motifs is 2. The van der Waals surface area contributed by atoms with Gasteiger partial charge in [-0.05, 0) is 61.3 Å². The predicted molar refractivity (Wildman–Crippen MR) is 97.5 cm³/mol. The second-order valence-corrected chi connectivity index (χ2v) is 6.75. The molecule has 0 bridgehead atoms. The highest BCUT2D eigenvalue weighted by Gasteiger charge is 2.51. The number of aromatic nitrogens is 1. The van der Waals surface area contributed by atoms with Crippen molar-refractivity contribution in [2.24, 2.45) is 0 Å². The van der Waals surface area contributed by atoms with Gasteiger partial charge in [-0.1, -0.05) is 6.07 Å². The van der Waals surface area contributed by atoms with Crippen LogP contribution in [0.25, 0.3) is 0 Å². The molecule has 1 fully saturated rings. The number of likely N-dealkylation sites (tertiary alicyclic amines) is 1. The zero-order valence-electron chi connectivity index (χ0n) is 14.1. The van der Waals surface area contributed by atoms with E-state index in [0.29, 0.717) is 0 Å². The van der Waals surface area contributed by atoms with E-state index in [-0.39, 0.29) is 24.1 Å². The van der Waals surface area contributed by atoms with Crippen LogP contribution in [0.1, 0.15) is 24.0 Å². The zero-order chi connectivity index (χ0) is 16.7. The summed E-state index contributed by atoms with van der Waals surface area (Å²) in [7, 11) is 1.79. The molecule has 2 aliphatic rings. The van der Waals surface area contributed by atoms with Crippen LogP contribution in [0, 0.1) is 5.82 Å². The highest BCUT2D eigenvalue weighted by Crippen LogP contribution is 2.47. The van der Waals surface area contributed by atoms with Crippen molar-refractivity contribution in [3.63, 3.8) is 0 Å². The quantitative estimate of drug-likeness (QED) is 0.824. The fourth-order valence-corrected chi connectivity index (χ4v) is 4.06. The Morgan fingerprint density at radius 1 is 1.24 bits per heavy atom. The number of anilines is 1. The first-order valence-corrected chi connectivity index (χ1v) is 8.30. The van der Waals surface area contributed by atoms with Crippen molar-refractivity contribution in [3.05, 3.63) is 59.7 Å². The molecule has 0 radical (unpaired) electrons. The van der Waals surface area contributed by atoms with E-state index in [1.807, 2.05) is 12.3 Å². The number of benzene rings is 1. The van der Waals surface area contributed by atoms with Crippen LogP contribution in [0.2, 0.25) is 0 Å². The van der Waals surface area contributed by atoms with Crippen LogP contribution in [0.4, 0.5) is 10.1 Å². The number of pyridine rings is 1. The average Bonchev–Trinajstić information content (AvgIpc) is 2.80. The van der Waals surface area contributed by atoms with Gasteiger partial charge in [0.1, 0.15) is 5.82 Å². The molecule has 4 nitrogen and oxygen atoms in total. The minimum absolute atomic E-state index is 0. The van der Waals surface area contributed by atoms with Crippen molar-refractivity contribution in [1.82, 2.24) is 9.88 Å². The van der Waals surface area contributed by atoms with Crippen LogP contribution in [0.5, 0.6) is 0 Å². The first-order chi connectivity index (χ1) is 11.6. The van der Waals surface area contributed by atoms with Gasteiger partial charge in [0.15, 0.2) is 0 Å². The molecule has 2 aromatic rings. The van der Waals surface area contributed by atoms with Crippen LogP contribution >= 0.6 is 12.4 Å². The molecule has 2 aliphatic heterocycles. The highest BCUT2D eigenvalue weighted by molar-refractivity contribution is 6.07. The van der Waals surface area contributed by atoms with E-state index in [9.17, 15) is 9.18 Å². The van der Waals surface area contributed by atoms with E-state index in [1.165, 1.54) is 11.6 Å². The van der Waals surface area contributed by atoms with Crippen molar-refractivity contribution in [1.29, 1.82) is 0 Å². The average molecular weight is 362 g/mol. The van der Waals surface area contributed by atoms with Crippen LogP contribution < -0.4 is 4.90 Å². The molecule has 0 saturated carbocycles. The van der Waals surface area contributed by atoms with Gasteiger partial charge in [0.25, 0.3) is 0 Å². The molecule has 25 heavy (non-hydrogen) atoms. The van der Waals surface area contributed by atoms with Gasteiger partial charge in [-0.25, -0.2) is 4.39 Å². The van der Waals surface area contributed by atoms with Gasteiger partial charge in [0.05, 0.1) is 5.41 Å². The third-order valence-corrected chi connectivity index (χ3v) is 5.39. The van der Waals surface area contributed by atoms with Crippen molar-refractivity contribution >= 4 is 24.0 Å². The Labute approximate surface area is 153 Å². The number of carbonyl (C=O) groups is 1. The number of rotatable bonds is 2. The van der Waals surface area contributed by atoms with Gasteiger partial charge in [-0.15, -0.1) is 12.4 Å². The van der Waals surface area contributed by atoms with E-state index in [0.717, 1.165) is 43.7 Å². The second kappa shape index (κ2) is 6.73. The lowest BCUT2D eigenvalue weighted by atomic mass is 9.73. The molecule has 4 rings (SSSR count).